The van der Waals surface area contributed by atoms with E-state index in [1.807, 2.05) is 0 Å². The van der Waals surface area contributed by atoms with E-state index >= 15 is 0 Å². The molecular weight excluding hydrogens is 289 g/mol. The third kappa shape index (κ3) is 3.62. The van der Waals surface area contributed by atoms with Crippen LogP contribution in [0.1, 0.15) is 24.9 Å². The van der Waals surface area contributed by atoms with E-state index < -0.39 is 18.2 Å². The summed E-state index contributed by atoms with van der Waals surface area (Å²) in [5.74, 6) is 0.0716. The van der Waals surface area contributed by atoms with Gasteiger partial charge in [0, 0.05) is 6.42 Å². The topological polar surface area (TPSA) is 45.8 Å². The number of H-pyrrole nitrogens is 1. The molecule has 1 heterocycles. The summed E-state index contributed by atoms with van der Waals surface area (Å²) in [4.78, 5) is 17.6. The molecule has 1 rings (SSSR count). The highest BCUT2D eigenvalue weighted by atomic mass is 79.9. The third-order valence-electron chi connectivity index (χ3n) is 1.96. The van der Waals surface area contributed by atoms with Gasteiger partial charge in [0.15, 0.2) is 0 Å². The Labute approximate surface area is 98.2 Å². The maximum Gasteiger partial charge on any atom is 0.389 e. The van der Waals surface area contributed by atoms with E-state index in [1.165, 1.54) is 0 Å². The lowest BCUT2D eigenvalue weighted by molar-refractivity contribution is -0.134. The van der Waals surface area contributed by atoms with E-state index in [1.54, 1.807) is 6.92 Å². The Morgan fingerprint density at radius 2 is 2.06 bits per heavy atom. The van der Waals surface area contributed by atoms with Gasteiger partial charge in [-0.05, 0) is 22.4 Å². The molecular formula is C9H10BrF3N2O. The molecule has 7 heteroatoms. The Morgan fingerprint density at radius 3 is 2.56 bits per heavy atom. The van der Waals surface area contributed by atoms with Gasteiger partial charge in [0.2, 0.25) is 0 Å². The predicted molar refractivity (Wildman–Crippen MR) is 56.3 cm³/mol. The third-order valence-corrected chi connectivity index (χ3v) is 2.78. The number of nitrogens with zero attached hydrogens (tertiary/aromatic N) is 1. The highest BCUT2D eigenvalue weighted by Gasteiger charge is 2.27. The standard InChI is InChI=1S/C9H10BrF3N2O/c1-2-5-7(10)8(16)15-6(14-5)3-4-9(11,12)13/h2-4H2,1H3,(H,14,15,16). The summed E-state index contributed by atoms with van der Waals surface area (Å²) in [5.41, 5.74) is 0.0324. The van der Waals surface area contributed by atoms with Crippen LogP contribution in [-0.4, -0.2) is 16.1 Å². The van der Waals surface area contributed by atoms with Gasteiger partial charge < -0.3 is 4.98 Å². The maximum absolute atomic E-state index is 12.0. The molecule has 0 amide bonds. The van der Waals surface area contributed by atoms with Gasteiger partial charge in [-0.15, -0.1) is 0 Å². The number of aryl methyl sites for hydroxylation is 2. The summed E-state index contributed by atoms with van der Waals surface area (Å²) >= 11 is 3.04. The van der Waals surface area contributed by atoms with Crippen molar-refractivity contribution in [3.63, 3.8) is 0 Å². The monoisotopic (exact) mass is 298 g/mol. The molecule has 0 atom stereocenters. The predicted octanol–water partition coefficient (Wildman–Crippen LogP) is 2.59. The van der Waals surface area contributed by atoms with Gasteiger partial charge in [-0.3, -0.25) is 4.79 Å². The van der Waals surface area contributed by atoms with Gasteiger partial charge in [0.25, 0.3) is 5.56 Å². The molecule has 0 unspecified atom stereocenters. The van der Waals surface area contributed by atoms with E-state index in [-0.39, 0.29) is 16.7 Å². The minimum atomic E-state index is -4.24. The fourth-order valence-corrected chi connectivity index (χ4v) is 1.64. The number of halogens is 4. The molecule has 0 bridgehead atoms. The van der Waals surface area contributed by atoms with Gasteiger partial charge in [-0.25, -0.2) is 4.98 Å². The molecule has 90 valence electrons. The Morgan fingerprint density at radius 1 is 1.44 bits per heavy atom. The zero-order valence-electron chi connectivity index (χ0n) is 8.49. The first kappa shape index (κ1) is 13.2. The molecule has 0 aliphatic rings. The van der Waals surface area contributed by atoms with Crippen LogP contribution in [0.25, 0.3) is 0 Å². The highest BCUT2D eigenvalue weighted by Crippen LogP contribution is 2.21. The number of hydrogen-bond acceptors (Lipinski definition) is 2. The van der Waals surface area contributed by atoms with Gasteiger partial charge >= 0.3 is 6.18 Å². The molecule has 0 fully saturated rings. The van der Waals surface area contributed by atoms with Crippen molar-refractivity contribution in [3.8, 4) is 0 Å². The van der Waals surface area contributed by atoms with Crippen molar-refractivity contribution >= 4 is 15.9 Å². The Bertz CT molecular complexity index is 428. The summed E-state index contributed by atoms with van der Waals surface area (Å²) in [6, 6.07) is 0. The first-order valence-corrected chi connectivity index (χ1v) is 5.47. The second kappa shape index (κ2) is 4.99. The van der Waals surface area contributed by atoms with Crippen molar-refractivity contribution in [1.29, 1.82) is 0 Å². The lowest BCUT2D eigenvalue weighted by atomic mass is 10.2. The largest absolute Gasteiger partial charge is 0.389 e. The van der Waals surface area contributed by atoms with Crippen LogP contribution in [0.4, 0.5) is 13.2 Å². The molecule has 1 N–H and O–H groups in total. The minimum absolute atomic E-state index is 0.0716. The number of alkyl halides is 3. The number of aromatic amines is 1. The van der Waals surface area contributed by atoms with Gasteiger partial charge in [-0.2, -0.15) is 13.2 Å². The summed E-state index contributed by atoms with van der Waals surface area (Å²) in [7, 11) is 0. The quantitative estimate of drug-likeness (QED) is 0.932. The van der Waals surface area contributed by atoms with Crippen molar-refractivity contribution in [1.82, 2.24) is 9.97 Å². The average molecular weight is 299 g/mol. The first-order chi connectivity index (χ1) is 7.33. The second-order valence-electron chi connectivity index (χ2n) is 3.24. The molecule has 0 aliphatic carbocycles. The zero-order valence-corrected chi connectivity index (χ0v) is 10.1. The molecule has 3 nitrogen and oxygen atoms in total. The SMILES string of the molecule is CCc1nc(CCC(F)(F)F)[nH]c(=O)c1Br. The summed E-state index contributed by atoms with van der Waals surface area (Å²) in [5, 5.41) is 0. The Kier molecular flexibility index (Phi) is 4.12. The fraction of sp³-hybridized carbons (Fsp3) is 0.556. The lowest BCUT2D eigenvalue weighted by Crippen LogP contribution is -2.17. The van der Waals surface area contributed by atoms with Crippen LogP contribution in [0.5, 0.6) is 0 Å². The van der Waals surface area contributed by atoms with Crippen LogP contribution in [0.3, 0.4) is 0 Å². The lowest BCUT2D eigenvalue weighted by Gasteiger charge is -2.07. The number of hydrogen-bond donors (Lipinski definition) is 1. The molecule has 0 radical (unpaired) electrons. The molecule has 1 aromatic rings. The number of rotatable bonds is 3. The summed E-state index contributed by atoms with van der Waals surface area (Å²) < 4.78 is 36.2. The van der Waals surface area contributed by atoms with E-state index in [0.717, 1.165) is 0 Å². The van der Waals surface area contributed by atoms with Crippen molar-refractivity contribution in [2.45, 2.75) is 32.4 Å². The van der Waals surface area contributed by atoms with E-state index in [4.69, 9.17) is 0 Å². The fourth-order valence-electron chi connectivity index (χ4n) is 1.17. The van der Waals surface area contributed by atoms with Crippen LogP contribution < -0.4 is 5.56 Å². The highest BCUT2D eigenvalue weighted by molar-refractivity contribution is 9.10. The molecule has 16 heavy (non-hydrogen) atoms. The van der Waals surface area contributed by atoms with Crippen molar-refractivity contribution < 1.29 is 13.2 Å². The molecule has 1 aromatic heterocycles. The van der Waals surface area contributed by atoms with Gasteiger partial charge in [0.1, 0.15) is 10.3 Å². The minimum Gasteiger partial charge on any atom is -0.310 e. The molecule has 0 aliphatic heterocycles. The van der Waals surface area contributed by atoms with Crippen molar-refractivity contribution in [2.75, 3.05) is 0 Å². The number of aromatic nitrogens is 2. The summed E-state index contributed by atoms with van der Waals surface area (Å²) in [6.45, 7) is 1.78. The Hall–Kier alpha value is -0.850. The maximum atomic E-state index is 12.0. The summed E-state index contributed by atoms with van der Waals surface area (Å²) in [6.07, 6.45) is -5.04. The Balaban J connectivity index is 2.91. The normalized spacial score (nSPS) is 11.8. The van der Waals surface area contributed by atoms with Crippen LogP contribution >= 0.6 is 15.9 Å². The van der Waals surface area contributed by atoms with E-state index in [0.29, 0.717) is 12.1 Å². The first-order valence-electron chi connectivity index (χ1n) is 4.68. The van der Waals surface area contributed by atoms with Crippen LogP contribution in [0, 0.1) is 0 Å². The van der Waals surface area contributed by atoms with Gasteiger partial charge in [0.05, 0.1) is 12.1 Å². The molecule has 0 spiro atoms. The van der Waals surface area contributed by atoms with E-state index in [9.17, 15) is 18.0 Å². The van der Waals surface area contributed by atoms with Crippen LogP contribution in [0.15, 0.2) is 9.27 Å². The van der Waals surface area contributed by atoms with Crippen LogP contribution in [0.2, 0.25) is 0 Å². The second-order valence-corrected chi connectivity index (χ2v) is 4.04. The van der Waals surface area contributed by atoms with E-state index in [2.05, 4.69) is 25.9 Å². The molecule has 0 aromatic carbocycles. The smallest absolute Gasteiger partial charge is 0.310 e. The average Bonchev–Trinajstić information content (AvgIpc) is 2.18. The van der Waals surface area contributed by atoms with Crippen LogP contribution in [-0.2, 0) is 12.8 Å². The molecule has 0 saturated heterocycles. The van der Waals surface area contributed by atoms with Crippen molar-refractivity contribution in [3.05, 3.63) is 26.3 Å². The van der Waals surface area contributed by atoms with Crippen molar-refractivity contribution in [2.24, 2.45) is 0 Å². The van der Waals surface area contributed by atoms with Gasteiger partial charge in [-0.1, -0.05) is 6.92 Å². The molecule has 0 saturated carbocycles. The number of nitrogens with one attached hydrogen (secondary N) is 1. The zero-order chi connectivity index (χ0) is 12.3.